The number of phenols is 1. The molecule has 0 spiro atoms. The van der Waals surface area contributed by atoms with Gasteiger partial charge in [0.15, 0.2) is 0 Å². The molecule has 0 radical (unpaired) electrons. The van der Waals surface area contributed by atoms with Crippen LogP contribution in [-0.4, -0.2) is 16.8 Å². The van der Waals surface area contributed by atoms with E-state index in [0.29, 0.717) is 0 Å². The molecule has 0 aliphatic rings. The molecule has 0 unspecified atom stereocenters. The summed E-state index contributed by atoms with van der Waals surface area (Å²) in [4.78, 5) is 0. The van der Waals surface area contributed by atoms with Gasteiger partial charge in [-0.1, -0.05) is 6.07 Å². The van der Waals surface area contributed by atoms with Crippen molar-refractivity contribution in [3.05, 3.63) is 29.3 Å². The summed E-state index contributed by atoms with van der Waals surface area (Å²) in [5.41, 5.74) is 6.70. The first-order chi connectivity index (χ1) is 5.95. The molecular weight excluding hydrogens is 166 g/mol. The highest BCUT2D eigenvalue weighted by Crippen LogP contribution is 2.23. The first-order valence-electron chi connectivity index (χ1n) is 4.16. The maximum absolute atomic E-state index is 9.32. The van der Waals surface area contributed by atoms with Crippen LogP contribution in [0.4, 0.5) is 0 Å². The number of hydrogen-bond donors (Lipinski definition) is 3. The Kier molecular flexibility index (Phi) is 2.59. The lowest BCUT2D eigenvalue weighted by Crippen LogP contribution is -2.36. The summed E-state index contributed by atoms with van der Waals surface area (Å²) in [6.45, 7) is 3.45. The summed E-state index contributed by atoms with van der Waals surface area (Å²) in [7, 11) is 0. The highest BCUT2D eigenvalue weighted by Gasteiger charge is 2.20. The van der Waals surface area contributed by atoms with Crippen LogP contribution in [0.1, 0.15) is 18.1 Å². The van der Waals surface area contributed by atoms with E-state index in [1.54, 1.807) is 19.1 Å². The Morgan fingerprint density at radius 1 is 1.38 bits per heavy atom. The Morgan fingerprint density at radius 2 is 2.00 bits per heavy atom. The number of phenolic OH excluding ortho intramolecular Hbond substituents is 1. The van der Waals surface area contributed by atoms with Crippen LogP contribution in [0.5, 0.6) is 5.75 Å². The van der Waals surface area contributed by atoms with Crippen LogP contribution in [0.25, 0.3) is 0 Å². The second kappa shape index (κ2) is 3.36. The fourth-order valence-electron chi connectivity index (χ4n) is 1.18. The molecule has 0 aromatic heterocycles. The minimum atomic E-state index is -0.788. The first-order valence-corrected chi connectivity index (χ1v) is 4.16. The zero-order valence-electron chi connectivity index (χ0n) is 7.91. The van der Waals surface area contributed by atoms with Crippen molar-refractivity contribution in [1.29, 1.82) is 0 Å². The lowest BCUT2D eigenvalue weighted by molar-refractivity contribution is 0.210. The Morgan fingerprint density at radius 3 is 2.46 bits per heavy atom. The molecule has 0 aliphatic heterocycles. The van der Waals surface area contributed by atoms with Crippen molar-refractivity contribution in [3.8, 4) is 5.75 Å². The molecule has 1 rings (SSSR count). The van der Waals surface area contributed by atoms with Crippen molar-refractivity contribution >= 4 is 0 Å². The molecule has 3 heteroatoms. The lowest BCUT2D eigenvalue weighted by atomic mass is 9.93. The van der Waals surface area contributed by atoms with E-state index in [0.717, 1.165) is 11.1 Å². The van der Waals surface area contributed by atoms with Crippen LogP contribution < -0.4 is 5.73 Å². The van der Waals surface area contributed by atoms with Crippen LogP contribution in [0.2, 0.25) is 0 Å². The second-order valence-electron chi connectivity index (χ2n) is 3.63. The van der Waals surface area contributed by atoms with Crippen LogP contribution >= 0.6 is 0 Å². The van der Waals surface area contributed by atoms with Gasteiger partial charge in [0, 0.05) is 0 Å². The molecule has 0 saturated heterocycles. The second-order valence-corrected chi connectivity index (χ2v) is 3.63. The van der Waals surface area contributed by atoms with Crippen molar-refractivity contribution in [2.24, 2.45) is 5.73 Å². The van der Waals surface area contributed by atoms with E-state index >= 15 is 0 Å². The normalized spacial score (nSPS) is 15.4. The monoisotopic (exact) mass is 181 g/mol. The largest absolute Gasteiger partial charge is 0.508 e. The van der Waals surface area contributed by atoms with Crippen molar-refractivity contribution in [2.45, 2.75) is 19.4 Å². The molecule has 0 heterocycles. The third kappa shape index (κ3) is 2.20. The number of hydrogen-bond acceptors (Lipinski definition) is 3. The topological polar surface area (TPSA) is 66.5 Å². The standard InChI is InChI=1S/C10H15NO2/c1-7-3-8(5-9(13)4-7)10(2,11)6-12/h3-5,12-13H,6,11H2,1-2H3/t10-/m1/s1. The summed E-state index contributed by atoms with van der Waals surface area (Å²) in [5, 5.41) is 18.3. The molecule has 4 N–H and O–H groups in total. The van der Waals surface area contributed by atoms with Crippen LogP contribution in [0.3, 0.4) is 0 Å². The molecule has 0 aliphatic carbocycles. The van der Waals surface area contributed by atoms with Crippen molar-refractivity contribution < 1.29 is 10.2 Å². The van der Waals surface area contributed by atoms with Crippen molar-refractivity contribution in [3.63, 3.8) is 0 Å². The minimum Gasteiger partial charge on any atom is -0.508 e. The van der Waals surface area contributed by atoms with Crippen LogP contribution in [0.15, 0.2) is 18.2 Å². The average molecular weight is 181 g/mol. The lowest BCUT2D eigenvalue weighted by Gasteiger charge is -2.22. The van der Waals surface area contributed by atoms with E-state index in [-0.39, 0.29) is 12.4 Å². The molecule has 3 nitrogen and oxygen atoms in total. The smallest absolute Gasteiger partial charge is 0.116 e. The molecule has 72 valence electrons. The quantitative estimate of drug-likeness (QED) is 0.634. The van der Waals surface area contributed by atoms with Crippen molar-refractivity contribution in [2.75, 3.05) is 6.61 Å². The van der Waals surface area contributed by atoms with E-state index in [9.17, 15) is 5.11 Å². The van der Waals surface area contributed by atoms with Gasteiger partial charge in [-0.25, -0.2) is 0 Å². The van der Waals surface area contributed by atoms with Gasteiger partial charge in [-0.3, -0.25) is 0 Å². The van der Waals surface area contributed by atoms with Gasteiger partial charge in [0.1, 0.15) is 5.75 Å². The molecule has 1 aromatic carbocycles. The third-order valence-corrected chi connectivity index (χ3v) is 2.05. The summed E-state index contributed by atoms with van der Waals surface area (Å²) in [6, 6.07) is 5.08. The van der Waals surface area contributed by atoms with Gasteiger partial charge in [-0.15, -0.1) is 0 Å². The molecule has 13 heavy (non-hydrogen) atoms. The van der Waals surface area contributed by atoms with Gasteiger partial charge in [0.05, 0.1) is 12.1 Å². The van der Waals surface area contributed by atoms with Gasteiger partial charge in [-0.2, -0.15) is 0 Å². The van der Waals surface area contributed by atoms with E-state index in [2.05, 4.69) is 0 Å². The fourth-order valence-corrected chi connectivity index (χ4v) is 1.18. The maximum atomic E-state index is 9.32. The fraction of sp³-hybridized carbons (Fsp3) is 0.400. The molecule has 1 atom stereocenters. The summed E-state index contributed by atoms with van der Waals surface area (Å²) < 4.78 is 0. The summed E-state index contributed by atoms with van der Waals surface area (Å²) >= 11 is 0. The number of aromatic hydroxyl groups is 1. The third-order valence-electron chi connectivity index (χ3n) is 2.05. The van der Waals surface area contributed by atoms with Crippen LogP contribution in [0, 0.1) is 6.92 Å². The van der Waals surface area contributed by atoms with Gasteiger partial charge in [0.25, 0.3) is 0 Å². The average Bonchev–Trinajstić information content (AvgIpc) is 2.02. The van der Waals surface area contributed by atoms with Gasteiger partial charge in [-0.05, 0) is 37.1 Å². The number of aliphatic hydroxyl groups excluding tert-OH is 1. The van der Waals surface area contributed by atoms with Gasteiger partial charge < -0.3 is 15.9 Å². The number of nitrogens with two attached hydrogens (primary N) is 1. The molecular formula is C10H15NO2. The predicted molar refractivity (Wildman–Crippen MR) is 51.5 cm³/mol. The number of aliphatic hydroxyl groups is 1. The highest BCUT2D eigenvalue weighted by molar-refractivity contribution is 5.36. The Hall–Kier alpha value is -1.06. The van der Waals surface area contributed by atoms with E-state index < -0.39 is 5.54 Å². The SMILES string of the molecule is Cc1cc(O)cc([C@](C)(N)CO)c1. The Bertz CT molecular complexity index is 288. The minimum absolute atomic E-state index is 0.143. The van der Waals surface area contributed by atoms with E-state index in [4.69, 9.17) is 10.8 Å². The maximum Gasteiger partial charge on any atom is 0.116 e. The number of rotatable bonds is 2. The van der Waals surface area contributed by atoms with E-state index in [1.807, 2.05) is 13.0 Å². The van der Waals surface area contributed by atoms with Gasteiger partial charge >= 0.3 is 0 Å². The highest BCUT2D eigenvalue weighted by atomic mass is 16.3. The first kappa shape index (κ1) is 10.0. The van der Waals surface area contributed by atoms with Crippen molar-refractivity contribution in [1.82, 2.24) is 0 Å². The summed E-state index contributed by atoms with van der Waals surface area (Å²) in [5.74, 6) is 0.181. The van der Waals surface area contributed by atoms with Crippen LogP contribution in [-0.2, 0) is 5.54 Å². The van der Waals surface area contributed by atoms with E-state index in [1.165, 1.54) is 0 Å². The molecule has 0 bridgehead atoms. The Labute approximate surface area is 77.8 Å². The zero-order chi connectivity index (χ0) is 10.1. The number of aryl methyl sites for hydroxylation is 1. The zero-order valence-corrected chi connectivity index (χ0v) is 7.91. The Balaban J connectivity index is 3.15. The number of benzene rings is 1. The molecule has 1 aromatic rings. The predicted octanol–water partition coefficient (Wildman–Crippen LogP) is 0.867. The molecule has 0 saturated carbocycles. The molecule has 0 fully saturated rings. The molecule has 0 amide bonds. The summed E-state index contributed by atoms with van der Waals surface area (Å²) in [6.07, 6.45) is 0. The van der Waals surface area contributed by atoms with Gasteiger partial charge in [0.2, 0.25) is 0 Å².